The molecule has 4 heteroatoms. The van der Waals surface area contributed by atoms with Gasteiger partial charge >= 0.3 is 0 Å². The van der Waals surface area contributed by atoms with E-state index in [0.717, 1.165) is 17.1 Å². The summed E-state index contributed by atoms with van der Waals surface area (Å²) in [5.74, 6) is -0.0488. The minimum absolute atomic E-state index is 0.0488. The predicted octanol–water partition coefficient (Wildman–Crippen LogP) is 2.37. The van der Waals surface area contributed by atoms with Crippen LogP contribution in [-0.4, -0.2) is 10.9 Å². The first kappa shape index (κ1) is 16.2. The van der Waals surface area contributed by atoms with Gasteiger partial charge in [0, 0.05) is 12.6 Å². The Morgan fingerprint density at radius 1 is 1.17 bits per heavy atom. The highest BCUT2D eigenvalue weighted by molar-refractivity contribution is 5.72. The fourth-order valence-corrected chi connectivity index (χ4v) is 1.18. The van der Waals surface area contributed by atoms with Gasteiger partial charge in [0.1, 0.15) is 0 Å². The van der Waals surface area contributed by atoms with Crippen LogP contribution in [-0.2, 0) is 17.9 Å². The van der Waals surface area contributed by atoms with E-state index in [2.05, 4.69) is 22.2 Å². The third kappa shape index (κ3) is 7.44. The standard InChI is InChI=1S/C12H17N3O.C2H6/c1-9(2)13-7-11-5-4-6-12(15-11)8-14-10(3)16;1-2/h4-6,13H,1,7-8H2,2-3H3,(H,14,16);1-2H3. The number of nitrogens with one attached hydrogen (secondary N) is 2. The van der Waals surface area contributed by atoms with E-state index in [1.807, 2.05) is 39.0 Å². The molecule has 18 heavy (non-hydrogen) atoms. The molecule has 0 unspecified atom stereocenters. The molecule has 1 aromatic heterocycles. The summed E-state index contributed by atoms with van der Waals surface area (Å²) >= 11 is 0. The van der Waals surface area contributed by atoms with Gasteiger partial charge in [0.05, 0.1) is 24.5 Å². The Morgan fingerprint density at radius 2 is 1.67 bits per heavy atom. The van der Waals surface area contributed by atoms with Crippen molar-refractivity contribution in [1.82, 2.24) is 15.6 Å². The molecule has 0 aliphatic heterocycles. The highest BCUT2D eigenvalue weighted by Crippen LogP contribution is 2.00. The van der Waals surface area contributed by atoms with Crippen molar-refractivity contribution in [2.75, 3.05) is 0 Å². The Morgan fingerprint density at radius 3 is 2.11 bits per heavy atom. The fraction of sp³-hybridized carbons (Fsp3) is 0.429. The molecule has 100 valence electrons. The van der Waals surface area contributed by atoms with E-state index in [4.69, 9.17) is 0 Å². The second kappa shape index (κ2) is 9.22. The van der Waals surface area contributed by atoms with Crippen molar-refractivity contribution in [3.63, 3.8) is 0 Å². The average Bonchev–Trinajstić information content (AvgIpc) is 2.37. The summed E-state index contributed by atoms with van der Waals surface area (Å²) in [6, 6.07) is 5.76. The molecule has 4 nitrogen and oxygen atoms in total. The highest BCUT2D eigenvalue weighted by atomic mass is 16.1. The molecule has 0 saturated carbocycles. The third-order valence-corrected chi connectivity index (χ3v) is 1.95. The molecule has 0 radical (unpaired) electrons. The van der Waals surface area contributed by atoms with Crippen LogP contribution in [0.2, 0.25) is 0 Å². The van der Waals surface area contributed by atoms with E-state index in [1.165, 1.54) is 6.92 Å². The van der Waals surface area contributed by atoms with Crippen molar-refractivity contribution in [3.8, 4) is 0 Å². The van der Waals surface area contributed by atoms with Gasteiger partial charge in [-0.05, 0) is 19.1 Å². The van der Waals surface area contributed by atoms with Gasteiger partial charge in [0.25, 0.3) is 0 Å². The first-order valence-electron chi connectivity index (χ1n) is 6.16. The number of rotatable bonds is 5. The van der Waals surface area contributed by atoms with Gasteiger partial charge in [-0.2, -0.15) is 0 Å². The quantitative estimate of drug-likeness (QED) is 0.842. The normalized spacial score (nSPS) is 8.89. The van der Waals surface area contributed by atoms with Gasteiger partial charge < -0.3 is 10.6 Å². The van der Waals surface area contributed by atoms with Gasteiger partial charge in [0.2, 0.25) is 5.91 Å². The zero-order chi connectivity index (χ0) is 14.0. The molecule has 1 amide bonds. The number of hydrogen-bond acceptors (Lipinski definition) is 3. The van der Waals surface area contributed by atoms with Crippen LogP contribution in [0.1, 0.15) is 39.1 Å². The summed E-state index contributed by atoms with van der Waals surface area (Å²) in [6.07, 6.45) is 0. The Kier molecular flexibility index (Phi) is 8.27. The van der Waals surface area contributed by atoms with Crippen molar-refractivity contribution >= 4 is 5.91 Å². The van der Waals surface area contributed by atoms with E-state index >= 15 is 0 Å². The Labute approximate surface area is 110 Å². The van der Waals surface area contributed by atoms with Crippen molar-refractivity contribution in [2.45, 2.75) is 40.8 Å². The maximum atomic E-state index is 10.8. The molecule has 0 aliphatic rings. The summed E-state index contributed by atoms with van der Waals surface area (Å²) in [5.41, 5.74) is 2.70. The third-order valence-electron chi connectivity index (χ3n) is 1.95. The van der Waals surface area contributed by atoms with E-state index < -0.39 is 0 Å². The van der Waals surface area contributed by atoms with E-state index in [0.29, 0.717) is 13.1 Å². The summed E-state index contributed by atoms with van der Waals surface area (Å²) < 4.78 is 0. The van der Waals surface area contributed by atoms with Crippen molar-refractivity contribution in [3.05, 3.63) is 41.9 Å². The highest BCUT2D eigenvalue weighted by Gasteiger charge is 1.98. The Hall–Kier alpha value is -1.84. The second-order valence-corrected chi connectivity index (χ2v) is 3.66. The first-order valence-corrected chi connectivity index (χ1v) is 6.16. The number of amides is 1. The number of aromatic nitrogens is 1. The molecule has 1 rings (SSSR count). The van der Waals surface area contributed by atoms with E-state index in [-0.39, 0.29) is 5.91 Å². The molecule has 0 spiro atoms. The average molecular weight is 249 g/mol. The lowest BCUT2D eigenvalue weighted by Crippen LogP contribution is -2.20. The number of hydrogen-bond donors (Lipinski definition) is 2. The van der Waals surface area contributed by atoms with Gasteiger partial charge in [-0.15, -0.1) is 0 Å². The molecule has 0 fully saturated rings. The molecular formula is C14H23N3O. The smallest absolute Gasteiger partial charge is 0.217 e. The lowest BCUT2D eigenvalue weighted by atomic mass is 10.3. The van der Waals surface area contributed by atoms with Gasteiger partial charge in [-0.25, -0.2) is 0 Å². The number of carbonyl (C=O) groups is 1. The number of allylic oxidation sites excluding steroid dienone is 1. The molecule has 0 aromatic carbocycles. The van der Waals surface area contributed by atoms with Crippen molar-refractivity contribution < 1.29 is 4.79 Å². The van der Waals surface area contributed by atoms with Crippen LogP contribution in [0.15, 0.2) is 30.5 Å². The fourth-order valence-electron chi connectivity index (χ4n) is 1.18. The Bertz CT molecular complexity index is 355. The molecule has 1 heterocycles. The van der Waals surface area contributed by atoms with Gasteiger partial charge in [-0.3, -0.25) is 9.78 Å². The first-order chi connectivity index (χ1) is 8.58. The molecule has 1 aromatic rings. The molecule has 2 N–H and O–H groups in total. The van der Waals surface area contributed by atoms with E-state index in [9.17, 15) is 4.79 Å². The minimum atomic E-state index is -0.0488. The van der Waals surface area contributed by atoms with Crippen LogP contribution >= 0.6 is 0 Å². The van der Waals surface area contributed by atoms with Gasteiger partial charge in [0.15, 0.2) is 0 Å². The summed E-state index contributed by atoms with van der Waals surface area (Å²) in [5, 5.41) is 5.82. The van der Waals surface area contributed by atoms with Crippen molar-refractivity contribution in [2.24, 2.45) is 0 Å². The topological polar surface area (TPSA) is 54.0 Å². The Balaban J connectivity index is 0.00000137. The molecule has 0 atom stereocenters. The van der Waals surface area contributed by atoms with Crippen LogP contribution in [0.4, 0.5) is 0 Å². The predicted molar refractivity (Wildman–Crippen MR) is 74.8 cm³/mol. The number of carbonyl (C=O) groups excluding carboxylic acids is 1. The zero-order valence-corrected chi connectivity index (χ0v) is 11.7. The lowest BCUT2D eigenvalue weighted by Gasteiger charge is -2.07. The van der Waals surface area contributed by atoms with Crippen LogP contribution in [0, 0.1) is 0 Å². The molecule has 0 saturated heterocycles. The molecular weight excluding hydrogens is 226 g/mol. The number of pyridine rings is 1. The maximum absolute atomic E-state index is 10.8. The summed E-state index contributed by atoms with van der Waals surface area (Å²) in [7, 11) is 0. The molecule has 0 aliphatic carbocycles. The summed E-state index contributed by atoms with van der Waals surface area (Å²) in [4.78, 5) is 15.2. The largest absolute Gasteiger partial charge is 0.383 e. The summed E-state index contributed by atoms with van der Waals surface area (Å²) in [6.45, 7) is 12.3. The van der Waals surface area contributed by atoms with Crippen LogP contribution in [0.3, 0.4) is 0 Å². The van der Waals surface area contributed by atoms with Gasteiger partial charge in [-0.1, -0.05) is 26.5 Å². The zero-order valence-electron chi connectivity index (χ0n) is 11.7. The number of nitrogens with zero attached hydrogens (tertiary/aromatic N) is 1. The van der Waals surface area contributed by atoms with Crippen LogP contribution in [0.5, 0.6) is 0 Å². The molecule has 0 bridgehead atoms. The monoisotopic (exact) mass is 249 g/mol. The SMILES string of the molecule is C=C(C)NCc1cccc(CNC(C)=O)n1.CC. The lowest BCUT2D eigenvalue weighted by molar-refractivity contribution is -0.119. The second-order valence-electron chi connectivity index (χ2n) is 3.66. The maximum Gasteiger partial charge on any atom is 0.217 e. The van der Waals surface area contributed by atoms with E-state index in [1.54, 1.807) is 0 Å². The minimum Gasteiger partial charge on any atom is -0.383 e. The van der Waals surface area contributed by atoms with Crippen molar-refractivity contribution in [1.29, 1.82) is 0 Å². The van der Waals surface area contributed by atoms with Crippen LogP contribution < -0.4 is 10.6 Å². The van der Waals surface area contributed by atoms with Crippen LogP contribution in [0.25, 0.3) is 0 Å².